The molecule has 0 heterocycles. The molecule has 0 aromatic rings. The summed E-state index contributed by atoms with van der Waals surface area (Å²) in [6.07, 6.45) is 17.8. The molecule has 0 aliphatic carbocycles. The summed E-state index contributed by atoms with van der Waals surface area (Å²) in [5, 5.41) is 17.0. The number of carbonyl (C=O) groups excluding carboxylic acids is 3. The Hall–Kier alpha value is -2.90. The van der Waals surface area contributed by atoms with Crippen molar-refractivity contribution in [2.24, 2.45) is 11.6 Å². The molecule has 0 radical (unpaired) electrons. The monoisotopic (exact) mass is 630 g/mol. The van der Waals surface area contributed by atoms with Gasteiger partial charge >= 0.3 is 24.1 Å². The molecule has 0 aromatic heterocycles. The Balaban J connectivity index is -0.000000282. The minimum Gasteiger partial charge on any atom is -0.481 e. The predicted octanol–water partition coefficient (Wildman–Crippen LogP) is 6.72. The van der Waals surface area contributed by atoms with Crippen LogP contribution in [0.1, 0.15) is 149 Å². The molecule has 256 valence electrons. The smallest absolute Gasteiger partial charge is 0.481 e. The van der Waals surface area contributed by atoms with Gasteiger partial charge in [-0.1, -0.05) is 111 Å². The number of alkyl halides is 3. The van der Waals surface area contributed by atoms with Gasteiger partial charge in [-0.15, -0.1) is 0 Å². The van der Waals surface area contributed by atoms with Gasteiger partial charge in [0.15, 0.2) is 0 Å². The van der Waals surface area contributed by atoms with Gasteiger partial charge in [0.25, 0.3) is 0 Å². The molecule has 14 heteroatoms. The maximum Gasteiger partial charge on any atom is 0.490 e. The number of hydrogen-bond donors (Lipinski definition) is 6. The van der Waals surface area contributed by atoms with Crippen LogP contribution in [-0.2, 0) is 19.2 Å². The van der Waals surface area contributed by atoms with Crippen LogP contribution < -0.4 is 22.3 Å². The minimum absolute atomic E-state index is 0.0373. The normalized spacial score (nSPS) is 10.0. The van der Waals surface area contributed by atoms with Crippen LogP contribution in [0.2, 0.25) is 0 Å². The highest BCUT2D eigenvalue weighted by molar-refractivity contribution is 5.93. The number of imide groups is 1. The van der Waals surface area contributed by atoms with Crippen LogP contribution in [0.15, 0.2) is 0 Å². The number of hydrogen-bond acceptors (Lipinski definition) is 6. The van der Waals surface area contributed by atoms with Crippen molar-refractivity contribution in [2.45, 2.75) is 155 Å². The highest BCUT2D eigenvalue weighted by Gasteiger charge is 2.38. The molecule has 4 amide bonds. The Morgan fingerprint density at radius 3 is 1.16 bits per heavy atom. The van der Waals surface area contributed by atoms with Gasteiger partial charge in [-0.2, -0.15) is 13.2 Å². The van der Waals surface area contributed by atoms with Crippen LogP contribution in [0.3, 0.4) is 0 Å². The fourth-order valence-corrected chi connectivity index (χ4v) is 3.37. The van der Waals surface area contributed by atoms with E-state index in [0.717, 1.165) is 25.7 Å². The molecule has 11 nitrogen and oxygen atoms in total. The van der Waals surface area contributed by atoms with Crippen molar-refractivity contribution in [3.05, 3.63) is 0 Å². The van der Waals surface area contributed by atoms with E-state index in [4.69, 9.17) is 20.9 Å². The molecule has 0 saturated carbocycles. The highest BCUT2D eigenvalue weighted by Crippen LogP contribution is 2.14. The third kappa shape index (κ3) is 52.2. The van der Waals surface area contributed by atoms with E-state index in [2.05, 4.69) is 18.1 Å². The fraction of sp³-hybridized carbons (Fsp3) is 0.828. The molecule has 0 aliphatic heterocycles. The fourth-order valence-electron chi connectivity index (χ4n) is 3.37. The quantitative estimate of drug-likeness (QED) is 0.0368. The first-order valence-corrected chi connectivity index (χ1v) is 15.3. The average Bonchev–Trinajstić information content (AvgIpc) is 2.91. The van der Waals surface area contributed by atoms with Crippen LogP contribution in [0.4, 0.5) is 18.0 Å². The third-order valence-corrected chi connectivity index (χ3v) is 5.61. The van der Waals surface area contributed by atoms with Gasteiger partial charge in [0.1, 0.15) is 0 Å². The SMILES string of the molecule is CCCC(=O)NC(N)=O.CCCC(=O)O.CCCCCCCCCCCCCCCCCC(=O)NN.O=C(O)C(F)(F)F. The molecule has 8 N–H and O–H groups in total. The Morgan fingerprint density at radius 2 is 0.930 bits per heavy atom. The maximum absolute atomic E-state index is 10.9. The number of aliphatic carboxylic acids is 2. The van der Waals surface area contributed by atoms with Crippen molar-refractivity contribution in [1.29, 1.82) is 0 Å². The van der Waals surface area contributed by atoms with Crippen LogP contribution >= 0.6 is 0 Å². The van der Waals surface area contributed by atoms with E-state index in [1.165, 1.54) is 83.5 Å². The van der Waals surface area contributed by atoms with Gasteiger partial charge in [0, 0.05) is 19.3 Å². The molecule has 0 bridgehead atoms. The zero-order valence-electron chi connectivity index (χ0n) is 26.4. The van der Waals surface area contributed by atoms with E-state index in [1.807, 2.05) is 19.2 Å². The number of nitrogens with one attached hydrogen (secondary N) is 2. The summed E-state index contributed by atoms with van der Waals surface area (Å²) in [5.41, 5.74) is 6.83. The first-order chi connectivity index (χ1) is 20.2. The van der Waals surface area contributed by atoms with Gasteiger partial charge in [0.2, 0.25) is 11.8 Å². The van der Waals surface area contributed by atoms with Crippen LogP contribution in [0.5, 0.6) is 0 Å². The molecule has 0 spiro atoms. The maximum atomic E-state index is 10.9. The third-order valence-electron chi connectivity index (χ3n) is 5.61. The molecule has 0 fully saturated rings. The number of unbranched alkanes of at least 4 members (excludes halogenated alkanes) is 14. The number of rotatable bonds is 20. The number of carbonyl (C=O) groups is 5. The number of carboxylic acids is 2. The van der Waals surface area contributed by atoms with Crippen LogP contribution in [0, 0.1) is 0 Å². The lowest BCUT2D eigenvalue weighted by Gasteiger charge is -2.03. The van der Waals surface area contributed by atoms with E-state index in [0.29, 0.717) is 19.3 Å². The first-order valence-electron chi connectivity index (χ1n) is 15.3. The second-order valence-corrected chi connectivity index (χ2v) is 9.88. The van der Waals surface area contributed by atoms with Crippen molar-refractivity contribution < 1.29 is 47.4 Å². The number of primary amides is 1. The number of amides is 4. The van der Waals surface area contributed by atoms with Crippen LogP contribution in [-0.4, -0.2) is 46.2 Å². The van der Waals surface area contributed by atoms with E-state index in [-0.39, 0.29) is 11.8 Å². The number of urea groups is 1. The molecule has 0 rings (SSSR count). The van der Waals surface area contributed by atoms with Gasteiger partial charge in [0.05, 0.1) is 0 Å². The molecule has 43 heavy (non-hydrogen) atoms. The molecule has 0 saturated heterocycles. The van der Waals surface area contributed by atoms with E-state index >= 15 is 0 Å². The lowest BCUT2D eigenvalue weighted by Crippen LogP contribution is -2.34. The molecule has 0 unspecified atom stereocenters. The summed E-state index contributed by atoms with van der Waals surface area (Å²) >= 11 is 0. The zero-order chi connectivity index (χ0) is 33.9. The topological polar surface area (TPSA) is 202 Å². The van der Waals surface area contributed by atoms with E-state index < -0.39 is 24.1 Å². The van der Waals surface area contributed by atoms with Crippen molar-refractivity contribution in [2.75, 3.05) is 0 Å². The standard InChI is InChI=1S/C18H38N2O.C5H10N2O2.C4H8O2.C2HF3O2/c1-2-3-4-5-6-7-8-9-10-11-12-13-14-15-16-17-18(21)20-19;1-2-3-4(8)7-5(6)9;1-2-3-4(5)6;3-2(4,5)1(6)7/h2-17,19H2,1H3,(H,20,21);2-3H2,1H3,(H3,6,7,8,9);2-3H2,1H3,(H,5,6);(H,6,7). The summed E-state index contributed by atoms with van der Waals surface area (Å²) in [5.74, 6) is 1.21. The summed E-state index contributed by atoms with van der Waals surface area (Å²) < 4.78 is 31.7. The molecular weight excluding hydrogens is 573 g/mol. The Morgan fingerprint density at radius 1 is 0.581 bits per heavy atom. The van der Waals surface area contributed by atoms with Gasteiger partial charge in [-0.25, -0.2) is 15.4 Å². The van der Waals surface area contributed by atoms with Crippen molar-refractivity contribution in [1.82, 2.24) is 10.7 Å². The highest BCUT2D eigenvalue weighted by atomic mass is 19.4. The first kappa shape index (κ1) is 47.0. The van der Waals surface area contributed by atoms with Gasteiger partial charge < -0.3 is 15.9 Å². The lowest BCUT2D eigenvalue weighted by atomic mass is 10.0. The summed E-state index contributed by atoms with van der Waals surface area (Å²) in [6, 6.07) is -0.784. The zero-order valence-corrected chi connectivity index (χ0v) is 26.4. The van der Waals surface area contributed by atoms with Crippen molar-refractivity contribution >= 4 is 29.8 Å². The van der Waals surface area contributed by atoms with Gasteiger partial charge in [-0.05, 0) is 19.3 Å². The number of carboxylic acid groups (broad SMARTS) is 2. The predicted molar refractivity (Wildman–Crippen MR) is 161 cm³/mol. The Kier molecular flexibility index (Phi) is 38.6. The van der Waals surface area contributed by atoms with Crippen molar-refractivity contribution in [3.63, 3.8) is 0 Å². The van der Waals surface area contributed by atoms with E-state index in [9.17, 15) is 32.3 Å². The minimum atomic E-state index is -5.08. The van der Waals surface area contributed by atoms with Crippen molar-refractivity contribution in [3.8, 4) is 0 Å². The summed E-state index contributed by atoms with van der Waals surface area (Å²) in [6.45, 7) is 5.96. The molecular formula is C29H57F3N4O7. The number of halogens is 3. The molecule has 0 aromatic carbocycles. The van der Waals surface area contributed by atoms with Gasteiger partial charge in [-0.3, -0.25) is 25.1 Å². The lowest BCUT2D eigenvalue weighted by molar-refractivity contribution is -0.192. The summed E-state index contributed by atoms with van der Waals surface area (Å²) in [4.78, 5) is 49.8. The Labute approximate surface area is 255 Å². The second-order valence-electron chi connectivity index (χ2n) is 9.88. The van der Waals surface area contributed by atoms with Crippen LogP contribution in [0.25, 0.3) is 0 Å². The molecule has 0 atom stereocenters. The Bertz CT molecular complexity index is 710. The number of nitrogens with two attached hydrogens (primary N) is 2. The second kappa shape index (κ2) is 35.3. The number of hydrazine groups is 1. The van der Waals surface area contributed by atoms with E-state index in [1.54, 1.807) is 0 Å². The molecule has 0 aliphatic rings. The largest absolute Gasteiger partial charge is 0.490 e. The summed E-state index contributed by atoms with van der Waals surface area (Å²) in [7, 11) is 0. The average molecular weight is 631 g/mol.